The Kier molecular flexibility index (Phi) is 4.25. The van der Waals surface area contributed by atoms with Crippen molar-refractivity contribution in [1.29, 1.82) is 0 Å². The smallest absolute Gasteiger partial charge is 0.247 e. The maximum atomic E-state index is 12.2. The Balaban J connectivity index is 1.90. The highest BCUT2D eigenvalue weighted by atomic mass is 32.2. The maximum Gasteiger partial charge on any atom is 0.247 e. The van der Waals surface area contributed by atoms with Gasteiger partial charge in [-0.05, 0) is 12.8 Å². The van der Waals surface area contributed by atoms with E-state index in [9.17, 15) is 18.0 Å². The van der Waals surface area contributed by atoms with E-state index >= 15 is 0 Å². The van der Waals surface area contributed by atoms with Crippen LogP contribution in [0.2, 0.25) is 0 Å². The molecule has 7 heteroatoms. The van der Waals surface area contributed by atoms with Crippen LogP contribution in [0.4, 0.5) is 0 Å². The van der Waals surface area contributed by atoms with Gasteiger partial charge in [-0.15, -0.1) is 0 Å². The SMILES string of the molecule is CS(=O)(=O)CCNC1CC(=O)N(C2CCCC2)C1=O. The number of nitrogens with zero attached hydrogens (tertiary/aromatic N) is 1. The Bertz CT molecular complexity index is 468. The number of carbonyl (C=O) groups is 2. The number of sulfone groups is 1. The van der Waals surface area contributed by atoms with Crippen molar-refractivity contribution >= 4 is 21.7 Å². The molecule has 1 heterocycles. The molecule has 1 saturated carbocycles. The van der Waals surface area contributed by atoms with Gasteiger partial charge in [-0.1, -0.05) is 12.8 Å². The summed E-state index contributed by atoms with van der Waals surface area (Å²) in [6.45, 7) is 0.209. The fourth-order valence-electron chi connectivity index (χ4n) is 2.78. The topological polar surface area (TPSA) is 83.6 Å². The summed E-state index contributed by atoms with van der Waals surface area (Å²) in [5.74, 6) is -0.340. The molecule has 2 fully saturated rings. The summed E-state index contributed by atoms with van der Waals surface area (Å²) in [6, 6.07) is -0.489. The van der Waals surface area contributed by atoms with Gasteiger partial charge >= 0.3 is 0 Å². The van der Waals surface area contributed by atoms with Crippen molar-refractivity contribution in [3.63, 3.8) is 0 Å². The van der Waals surface area contributed by atoms with E-state index < -0.39 is 15.9 Å². The first-order valence-electron chi connectivity index (χ1n) is 6.65. The first-order chi connectivity index (χ1) is 8.88. The zero-order chi connectivity index (χ0) is 14.0. The van der Waals surface area contributed by atoms with Crippen LogP contribution in [0.3, 0.4) is 0 Å². The Labute approximate surface area is 113 Å². The van der Waals surface area contributed by atoms with Gasteiger partial charge in [0.1, 0.15) is 9.84 Å². The van der Waals surface area contributed by atoms with E-state index in [0.717, 1.165) is 31.9 Å². The second-order valence-corrected chi connectivity index (χ2v) is 7.64. The summed E-state index contributed by atoms with van der Waals surface area (Å²) in [6.07, 6.45) is 5.23. The Morgan fingerprint density at radius 3 is 2.47 bits per heavy atom. The number of nitrogens with one attached hydrogen (secondary N) is 1. The minimum Gasteiger partial charge on any atom is -0.304 e. The van der Waals surface area contributed by atoms with Crippen molar-refractivity contribution in [2.45, 2.75) is 44.2 Å². The van der Waals surface area contributed by atoms with Crippen LogP contribution in [0, 0.1) is 0 Å². The third-order valence-electron chi connectivity index (χ3n) is 3.74. The molecule has 2 aliphatic rings. The van der Waals surface area contributed by atoms with Gasteiger partial charge < -0.3 is 5.32 Å². The monoisotopic (exact) mass is 288 g/mol. The molecule has 2 rings (SSSR count). The lowest BCUT2D eigenvalue weighted by molar-refractivity contribution is -0.141. The molecule has 1 atom stereocenters. The van der Waals surface area contributed by atoms with Crippen molar-refractivity contribution in [3.05, 3.63) is 0 Å². The zero-order valence-electron chi connectivity index (χ0n) is 11.1. The van der Waals surface area contributed by atoms with E-state index in [1.165, 1.54) is 4.90 Å². The van der Waals surface area contributed by atoms with Crippen LogP contribution in [0.1, 0.15) is 32.1 Å². The van der Waals surface area contributed by atoms with Crippen LogP contribution < -0.4 is 5.32 Å². The Morgan fingerprint density at radius 1 is 1.26 bits per heavy atom. The van der Waals surface area contributed by atoms with Gasteiger partial charge in [-0.2, -0.15) is 0 Å². The predicted molar refractivity (Wildman–Crippen MR) is 70.2 cm³/mol. The van der Waals surface area contributed by atoms with Gasteiger partial charge in [-0.25, -0.2) is 8.42 Å². The molecule has 0 aromatic heterocycles. The van der Waals surface area contributed by atoms with Gasteiger partial charge in [0.05, 0.1) is 18.2 Å². The van der Waals surface area contributed by atoms with E-state index in [1.54, 1.807) is 0 Å². The highest BCUT2D eigenvalue weighted by Crippen LogP contribution is 2.28. The van der Waals surface area contributed by atoms with Crippen LogP contribution in [0.15, 0.2) is 0 Å². The fraction of sp³-hybridized carbons (Fsp3) is 0.833. The fourth-order valence-corrected chi connectivity index (χ4v) is 3.26. The normalized spacial score (nSPS) is 25.5. The number of hydrogen-bond donors (Lipinski definition) is 1. The molecule has 6 nitrogen and oxygen atoms in total. The molecule has 1 N–H and O–H groups in total. The van der Waals surface area contributed by atoms with Crippen molar-refractivity contribution in [3.8, 4) is 0 Å². The van der Waals surface area contributed by atoms with E-state index in [4.69, 9.17) is 0 Å². The van der Waals surface area contributed by atoms with Gasteiger partial charge in [0.2, 0.25) is 11.8 Å². The molecule has 108 valence electrons. The average molecular weight is 288 g/mol. The molecule has 0 aromatic rings. The first-order valence-corrected chi connectivity index (χ1v) is 8.71. The van der Waals surface area contributed by atoms with Crippen LogP contribution >= 0.6 is 0 Å². The van der Waals surface area contributed by atoms with Gasteiger partial charge in [0.25, 0.3) is 0 Å². The molecule has 19 heavy (non-hydrogen) atoms. The highest BCUT2D eigenvalue weighted by molar-refractivity contribution is 7.90. The van der Waals surface area contributed by atoms with E-state index in [0.29, 0.717) is 0 Å². The number of carbonyl (C=O) groups excluding carboxylic acids is 2. The van der Waals surface area contributed by atoms with Crippen LogP contribution in [-0.2, 0) is 19.4 Å². The molecule has 0 spiro atoms. The van der Waals surface area contributed by atoms with Crippen LogP contribution in [0.5, 0.6) is 0 Å². The first kappa shape index (κ1) is 14.5. The molecule has 0 radical (unpaired) electrons. The molecule has 1 aliphatic heterocycles. The molecular weight excluding hydrogens is 268 g/mol. The lowest BCUT2D eigenvalue weighted by Gasteiger charge is -2.22. The standard InChI is InChI=1S/C12H20N2O4S/c1-19(17,18)7-6-13-10-8-11(15)14(12(10)16)9-4-2-3-5-9/h9-10,13H,2-8H2,1H3. The summed E-state index contributed by atoms with van der Waals surface area (Å²) in [4.78, 5) is 25.4. The third-order valence-corrected chi connectivity index (χ3v) is 4.68. The zero-order valence-corrected chi connectivity index (χ0v) is 11.9. The lowest BCUT2D eigenvalue weighted by Crippen LogP contribution is -2.43. The minimum absolute atomic E-state index is 0.0194. The molecule has 1 aliphatic carbocycles. The molecule has 1 unspecified atom stereocenters. The van der Waals surface area contributed by atoms with Gasteiger partial charge in [0, 0.05) is 18.8 Å². The van der Waals surface area contributed by atoms with Crippen molar-refractivity contribution in [2.75, 3.05) is 18.6 Å². The van der Waals surface area contributed by atoms with Crippen LogP contribution in [-0.4, -0.2) is 55.8 Å². The second kappa shape index (κ2) is 5.58. The highest BCUT2D eigenvalue weighted by Gasteiger charge is 2.42. The summed E-state index contributed by atoms with van der Waals surface area (Å²) in [5, 5.41) is 2.88. The Hall–Kier alpha value is -0.950. The second-order valence-electron chi connectivity index (χ2n) is 5.38. The van der Waals surface area contributed by atoms with E-state index in [1.807, 2.05) is 0 Å². The summed E-state index contributed by atoms with van der Waals surface area (Å²) in [5.41, 5.74) is 0. The quantitative estimate of drug-likeness (QED) is 0.702. The van der Waals surface area contributed by atoms with Gasteiger partial charge in [0.15, 0.2) is 0 Å². The number of imide groups is 1. The van der Waals surface area contributed by atoms with Crippen LogP contribution in [0.25, 0.3) is 0 Å². The maximum absolute atomic E-state index is 12.2. The largest absolute Gasteiger partial charge is 0.304 e. The summed E-state index contributed by atoms with van der Waals surface area (Å²) >= 11 is 0. The molecular formula is C12H20N2O4S. The average Bonchev–Trinajstić information content (AvgIpc) is 2.87. The molecule has 0 aromatic carbocycles. The number of hydrogen-bond acceptors (Lipinski definition) is 5. The number of likely N-dealkylation sites (tertiary alicyclic amines) is 1. The minimum atomic E-state index is -3.05. The number of rotatable bonds is 5. The van der Waals surface area contributed by atoms with Crippen molar-refractivity contribution in [2.24, 2.45) is 0 Å². The lowest BCUT2D eigenvalue weighted by atomic mass is 10.2. The van der Waals surface area contributed by atoms with E-state index in [-0.39, 0.29) is 36.6 Å². The summed E-state index contributed by atoms with van der Waals surface area (Å²) in [7, 11) is -3.05. The molecule has 0 bridgehead atoms. The molecule has 1 saturated heterocycles. The third kappa shape index (κ3) is 3.54. The Morgan fingerprint density at radius 2 is 1.89 bits per heavy atom. The predicted octanol–water partition coefficient (Wildman–Crippen LogP) is -0.309. The van der Waals surface area contributed by atoms with Crippen molar-refractivity contribution in [1.82, 2.24) is 10.2 Å². The summed E-state index contributed by atoms with van der Waals surface area (Å²) < 4.78 is 22.0. The number of amides is 2. The van der Waals surface area contributed by atoms with Crippen molar-refractivity contribution < 1.29 is 18.0 Å². The van der Waals surface area contributed by atoms with E-state index in [2.05, 4.69) is 5.32 Å². The van der Waals surface area contributed by atoms with Gasteiger partial charge in [-0.3, -0.25) is 14.5 Å². The molecule has 2 amide bonds.